The number of benzene rings is 1. The van der Waals surface area contributed by atoms with E-state index in [9.17, 15) is 14.7 Å². The Hall–Kier alpha value is -1.88. The van der Waals surface area contributed by atoms with Crippen molar-refractivity contribution in [3.8, 4) is 0 Å². The van der Waals surface area contributed by atoms with Crippen molar-refractivity contribution in [3.05, 3.63) is 35.9 Å². The van der Waals surface area contributed by atoms with E-state index in [1.54, 1.807) is 0 Å². The van der Waals surface area contributed by atoms with Crippen LogP contribution in [0.1, 0.15) is 77.7 Å². The van der Waals surface area contributed by atoms with Gasteiger partial charge in [0.1, 0.15) is 0 Å². The van der Waals surface area contributed by atoms with E-state index < -0.39 is 11.0 Å². The number of rotatable bonds is 7. The Labute approximate surface area is 205 Å². The summed E-state index contributed by atoms with van der Waals surface area (Å²) in [4.78, 5) is 29.9. The van der Waals surface area contributed by atoms with Crippen molar-refractivity contribution in [3.63, 3.8) is 0 Å². The zero-order valence-electron chi connectivity index (χ0n) is 21.5. The van der Waals surface area contributed by atoms with Crippen molar-refractivity contribution in [2.24, 2.45) is 23.2 Å². The van der Waals surface area contributed by atoms with Gasteiger partial charge in [-0.3, -0.25) is 9.59 Å². The fraction of sp³-hybridized carbons (Fsp3) is 0.724. The molecule has 4 rings (SSSR count). The molecule has 5 nitrogen and oxygen atoms in total. The third-order valence-corrected chi connectivity index (χ3v) is 8.90. The summed E-state index contributed by atoms with van der Waals surface area (Å²) >= 11 is 0. The molecule has 0 spiro atoms. The highest BCUT2D eigenvalue weighted by molar-refractivity contribution is 5.79. The lowest BCUT2D eigenvalue weighted by atomic mass is 9.69. The van der Waals surface area contributed by atoms with Crippen molar-refractivity contribution in [2.45, 2.75) is 84.2 Å². The number of amides is 2. The third-order valence-electron chi connectivity index (χ3n) is 8.90. The maximum absolute atomic E-state index is 13.3. The van der Waals surface area contributed by atoms with E-state index in [0.29, 0.717) is 50.9 Å². The van der Waals surface area contributed by atoms with Crippen LogP contribution in [0.25, 0.3) is 0 Å². The van der Waals surface area contributed by atoms with E-state index >= 15 is 0 Å². The van der Waals surface area contributed by atoms with Crippen LogP contribution in [0.4, 0.5) is 0 Å². The molecule has 0 bridgehead atoms. The number of carbonyl (C=O) groups excluding carboxylic acids is 2. The first kappa shape index (κ1) is 25.2. The van der Waals surface area contributed by atoms with E-state index in [0.717, 1.165) is 12.8 Å². The van der Waals surface area contributed by atoms with E-state index in [1.807, 2.05) is 28.0 Å². The molecule has 0 aromatic heterocycles. The molecular weight excluding hydrogens is 424 g/mol. The van der Waals surface area contributed by atoms with Crippen LogP contribution < -0.4 is 0 Å². The van der Waals surface area contributed by atoms with Gasteiger partial charge in [0.15, 0.2) is 0 Å². The van der Waals surface area contributed by atoms with E-state index in [-0.39, 0.29) is 17.7 Å². The quantitative estimate of drug-likeness (QED) is 0.632. The Balaban J connectivity index is 1.33. The Kier molecular flexibility index (Phi) is 7.71. The minimum Gasteiger partial charge on any atom is -0.387 e. The summed E-state index contributed by atoms with van der Waals surface area (Å²) in [5.41, 5.74) is -0.188. The fourth-order valence-electron chi connectivity index (χ4n) is 6.58. The van der Waals surface area contributed by atoms with Gasteiger partial charge in [0.2, 0.25) is 11.8 Å². The summed E-state index contributed by atoms with van der Waals surface area (Å²) in [5.74, 6) is 1.41. The first-order chi connectivity index (χ1) is 16.2. The zero-order chi connectivity index (χ0) is 24.3. The highest BCUT2D eigenvalue weighted by Gasteiger charge is 2.51. The van der Waals surface area contributed by atoms with E-state index in [1.165, 1.54) is 37.7 Å². The van der Waals surface area contributed by atoms with Crippen LogP contribution in [0, 0.1) is 23.2 Å². The molecule has 188 valence electrons. The second kappa shape index (κ2) is 10.4. The maximum atomic E-state index is 13.3. The lowest BCUT2D eigenvalue weighted by Crippen LogP contribution is -2.63. The van der Waals surface area contributed by atoms with Crippen molar-refractivity contribution >= 4 is 11.8 Å². The normalized spacial score (nSPS) is 28.8. The Bertz CT molecular complexity index is 848. The van der Waals surface area contributed by atoms with Crippen molar-refractivity contribution in [1.29, 1.82) is 0 Å². The highest BCUT2D eigenvalue weighted by atomic mass is 16.3. The molecule has 3 fully saturated rings. The minimum atomic E-state index is -0.978. The number of piperidine rings is 1. The van der Waals surface area contributed by atoms with Crippen molar-refractivity contribution in [1.82, 2.24) is 9.80 Å². The molecule has 2 amide bonds. The van der Waals surface area contributed by atoms with Gasteiger partial charge in [-0.1, -0.05) is 83.2 Å². The van der Waals surface area contributed by atoms with E-state index in [4.69, 9.17) is 0 Å². The lowest BCUT2D eigenvalue weighted by molar-refractivity contribution is -0.161. The van der Waals surface area contributed by atoms with Gasteiger partial charge < -0.3 is 14.9 Å². The molecule has 1 aromatic carbocycles. The SMILES string of the molecule is CC(CC1CCCCC1)C(=O)N1CCC(O)(CN2CC(Cc3ccccc3)CC2=O)C(C)(C)C1. The number of hydrogen-bond acceptors (Lipinski definition) is 3. The third kappa shape index (κ3) is 5.67. The van der Waals surface area contributed by atoms with Crippen LogP contribution >= 0.6 is 0 Å². The number of nitrogens with zero attached hydrogens (tertiary/aromatic N) is 2. The van der Waals surface area contributed by atoms with Crippen LogP contribution in [0.3, 0.4) is 0 Å². The molecule has 0 radical (unpaired) electrons. The molecule has 2 aliphatic heterocycles. The topological polar surface area (TPSA) is 60.9 Å². The van der Waals surface area contributed by atoms with Gasteiger partial charge in [-0.2, -0.15) is 0 Å². The van der Waals surface area contributed by atoms with Gasteiger partial charge in [0.05, 0.1) is 12.1 Å². The largest absolute Gasteiger partial charge is 0.387 e. The average Bonchev–Trinajstić information content (AvgIpc) is 3.14. The standard InChI is InChI=1S/C29H44N2O3/c1-22(16-23-10-6-4-7-11-23)27(33)30-15-14-29(34,28(2,3)20-30)21-31-19-25(18-26(31)32)17-24-12-8-5-9-13-24/h5,8-9,12-13,22-23,25,34H,4,6-7,10-11,14-21H2,1-3H3. The van der Waals surface area contributed by atoms with Crippen LogP contribution in [-0.4, -0.2) is 58.5 Å². The summed E-state index contributed by atoms with van der Waals surface area (Å²) in [6.45, 7) is 8.38. The first-order valence-corrected chi connectivity index (χ1v) is 13.5. The summed E-state index contributed by atoms with van der Waals surface area (Å²) < 4.78 is 0. The van der Waals surface area contributed by atoms with Gasteiger partial charge in [-0.15, -0.1) is 0 Å². The molecule has 1 saturated carbocycles. The van der Waals surface area contributed by atoms with Gasteiger partial charge >= 0.3 is 0 Å². The van der Waals surface area contributed by atoms with Gasteiger partial charge in [-0.05, 0) is 36.7 Å². The second-order valence-corrected chi connectivity index (χ2v) is 12.1. The molecule has 1 N–H and O–H groups in total. The molecule has 3 aliphatic rings. The lowest BCUT2D eigenvalue weighted by Gasteiger charge is -2.52. The molecule has 3 atom stereocenters. The fourth-order valence-corrected chi connectivity index (χ4v) is 6.58. The monoisotopic (exact) mass is 468 g/mol. The molecule has 1 aromatic rings. The maximum Gasteiger partial charge on any atom is 0.225 e. The summed E-state index contributed by atoms with van der Waals surface area (Å²) in [6.07, 6.45) is 9.43. The summed E-state index contributed by atoms with van der Waals surface area (Å²) in [6, 6.07) is 10.3. The van der Waals surface area contributed by atoms with Gasteiger partial charge in [0, 0.05) is 37.4 Å². The Morgan fingerprint density at radius 3 is 2.50 bits per heavy atom. The number of hydrogen-bond donors (Lipinski definition) is 1. The molecule has 3 unspecified atom stereocenters. The Morgan fingerprint density at radius 2 is 1.82 bits per heavy atom. The minimum absolute atomic E-state index is 0.0454. The molecule has 34 heavy (non-hydrogen) atoms. The average molecular weight is 469 g/mol. The van der Waals surface area contributed by atoms with Crippen molar-refractivity contribution in [2.75, 3.05) is 26.2 Å². The summed E-state index contributed by atoms with van der Waals surface area (Å²) in [7, 11) is 0. The molecule has 2 saturated heterocycles. The number of β-amino-alcohol motifs (C(OH)–C–C–N with tert-alkyl or cyclic N) is 1. The number of likely N-dealkylation sites (tertiary alicyclic amines) is 2. The number of carbonyl (C=O) groups is 2. The van der Waals surface area contributed by atoms with Crippen LogP contribution in [0.5, 0.6) is 0 Å². The van der Waals surface area contributed by atoms with E-state index in [2.05, 4.69) is 32.9 Å². The first-order valence-electron chi connectivity index (χ1n) is 13.5. The predicted octanol–water partition coefficient (Wildman–Crippen LogP) is 4.67. The molecule has 1 aliphatic carbocycles. The number of aliphatic hydroxyl groups is 1. The highest BCUT2D eigenvalue weighted by Crippen LogP contribution is 2.41. The second-order valence-electron chi connectivity index (χ2n) is 12.1. The Morgan fingerprint density at radius 1 is 1.12 bits per heavy atom. The van der Waals surface area contributed by atoms with Gasteiger partial charge in [0.25, 0.3) is 0 Å². The summed E-state index contributed by atoms with van der Waals surface area (Å²) in [5, 5.41) is 11.7. The van der Waals surface area contributed by atoms with Crippen LogP contribution in [0.15, 0.2) is 30.3 Å². The van der Waals surface area contributed by atoms with Crippen LogP contribution in [0.2, 0.25) is 0 Å². The zero-order valence-corrected chi connectivity index (χ0v) is 21.5. The van der Waals surface area contributed by atoms with Crippen LogP contribution in [-0.2, 0) is 16.0 Å². The molecule has 2 heterocycles. The molecule has 5 heteroatoms. The van der Waals surface area contributed by atoms with Gasteiger partial charge in [-0.25, -0.2) is 0 Å². The van der Waals surface area contributed by atoms with Crippen molar-refractivity contribution < 1.29 is 14.7 Å². The predicted molar refractivity (Wildman–Crippen MR) is 135 cm³/mol. The molecular formula is C29H44N2O3. The smallest absolute Gasteiger partial charge is 0.225 e.